The second kappa shape index (κ2) is 9.37. The molecule has 1 atom stereocenters. The first-order valence-corrected chi connectivity index (χ1v) is 10.2. The van der Waals surface area contributed by atoms with E-state index in [1.807, 2.05) is 12.1 Å². The molecule has 2 heterocycles. The predicted molar refractivity (Wildman–Crippen MR) is 106 cm³/mol. The number of carbonyl (C=O) groups is 2. The largest absolute Gasteiger partial charge is 0.352 e. The molecule has 1 aromatic rings. The first kappa shape index (κ1) is 20.6. The number of nitrogens with one attached hydrogen (secondary N) is 1. The lowest BCUT2D eigenvalue weighted by molar-refractivity contribution is -0.127. The third kappa shape index (κ3) is 5.22. The highest BCUT2D eigenvalue weighted by Gasteiger charge is 2.30. The van der Waals surface area contributed by atoms with Crippen molar-refractivity contribution in [2.45, 2.75) is 38.3 Å². The van der Waals surface area contributed by atoms with Crippen molar-refractivity contribution < 1.29 is 14.0 Å². The van der Waals surface area contributed by atoms with Gasteiger partial charge in [0.1, 0.15) is 5.82 Å². The minimum absolute atomic E-state index is 0.00919. The van der Waals surface area contributed by atoms with Gasteiger partial charge in [-0.1, -0.05) is 18.2 Å². The van der Waals surface area contributed by atoms with E-state index in [1.165, 1.54) is 6.07 Å². The number of urea groups is 1. The molecule has 0 aromatic heterocycles. The van der Waals surface area contributed by atoms with Gasteiger partial charge in [-0.3, -0.25) is 9.69 Å². The number of nitrogens with zero attached hydrogens (tertiary/aromatic N) is 3. The minimum atomic E-state index is -0.173. The van der Waals surface area contributed by atoms with Gasteiger partial charge in [0.2, 0.25) is 5.91 Å². The van der Waals surface area contributed by atoms with E-state index in [9.17, 15) is 14.0 Å². The number of rotatable bonds is 4. The van der Waals surface area contributed by atoms with E-state index >= 15 is 0 Å². The second-order valence-corrected chi connectivity index (χ2v) is 8.11. The van der Waals surface area contributed by atoms with E-state index in [2.05, 4.69) is 10.2 Å². The van der Waals surface area contributed by atoms with Crippen LogP contribution < -0.4 is 5.32 Å². The summed E-state index contributed by atoms with van der Waals surface area (Å²) in [5, 5.41) is 3.20. The number of hydrogen-bond acceptors (Lipinski definition) is 3. The summed E-state index contributed by atoms with van der Waals surface area (Å²) in [5.41, 5.74) is 0.701. The first-order chi connectivity index (χ1) is 13.4. The number of carbonyl (C=O) groups excluding carboxylic acids is 2. The molecule has 1 N–H and O–H groups in total. The molecule has 1 unspecified atom stereocenters. The summed E-state index contributed by atoms with van der Waals surface area (Å²) in [4.78, 5) is 30.3. The van der Waals surface area contributed by atoms with E-state index < -0.39 is 0 Å². The second-order valence-electron chi connectivity index (χ2n) is 8.11. The van der Waals surface area contributed by atoms with Gasteiger partial charge in [-0.2, -0.15) is 0 Å². The van der Waals surface area contributed by atoms with Crippen LogP contribution in [0.15, 0.2) is 24.3 Å². The van der Waals surface area contributed by atoms with Gasteiger partial charge in [-0.05, 0) is 38.3 Å². The number of hydrogen-bond donors (Lipinski definition) is 1. The van der Waals surface area contributed by atoms with Crippen molar-refractivity contribution in [2.75, 3.05) is 40.3 Å². The molecule has 28 heavy (non-hydrogen) atoms. The highest BCUT2D eigenvalue weighted by molar-refractivity contribution is 5.80. The van der Waals surface area contributed by atoms with Crippen molar-refractivity contribution in [2.24, 2.45) is 5.92 Å². The molecular weight excluding hydrogens is 359 g/mol. The fraction of sp³-hybridized carbons (Fsp3) is 0.619. The molecule has 0 radical (unpaired) electrons. The van der Waals surface area contributed by atoms with Gasteiger partial charge in [-0.15, -0.1) is 0 Å². The molecule has 7 heteroatoms. The third-order valence-corrected chi connectivity index (χ3v) is 5.72. The Hall–Kier alpha value is -2.15. The van der Waals surface area contributed by atoms with E-state index in [4.69, 9.17) is 0 Å². The van der Waals surface area contributed by atoms with Crippen molar-refractivity contribution in [1.82, 2.24) is 20.0 Å². The van der Waals surface area contributed by atoms with Crippen molar-refractivity contribution in [3.8, 4) is 0 Å². The average Bonchev–Trinajstić information content (AvgIpc) is 2.69. The maximum absolute atomic E-state index is 13.9. The standard InChI is InChI=1S/C21H31FN4O2/c1-24(2)21(28)26-12-9-16(10-13-26)20(27)23-18-7-5-11-25(15-18)14-17-6-3-4-8-19(17)22/h3-4,6,8,16,18H,5,7,9-15H2,1-2H3,(H,23,27). The Balaban J connectivity index is 1.47. The smallest absolute Gasteiger partial charge is 0.319 e. The molecule has 3 amide bonds. The Bertz CT molecular complexity index is 689. The molecule has 2 aliphatic heterocycles. The molecule has 0 bridgehead atoms. The Morgan fingerprint density at radius 2 is 1.86 bits per heavy atom. The summed E-state index contributed by atoms with van der Waals surface area (Å²) in [6.07, 6.45) is 3.36. The summed E-state index contributed by atoms with van der Waals surface area (Å²) < 4.78 is 13.9. The first-order valence-electron chi connectivity index (χ1n) is 10.2. The predicted octanol–water partition coefficient (Wildman–Crippen LogP) is 2.30. The van der Waals surface area contributed by atoms with Crippen molar-refractivity contribution in [3.05, 3.63) is 35.6 Å². The van der Waals surface area contributed by atoms with Crippen molar-refractivity contribution in [1.29, 1.82) is 0 Å². The SMILES string of the molecule is CN(C)C(=O)N1CCC(C(=O)NC2CCCN(Cc3ccccc3F)C2)CC1. The lowest BCUT2D eigenvalue weighted by atomic mass is 9.95. The van der Waals surface area contributed by atoms with Gasteiger partial charge >= 0.3 is 6.03 Å². The molecule has 154 valence electrons. The molecule has 3 rings (SSSR count). The number of likely N-dealkylation sites (tertiary alicyclic amines) is 2. The lowest BCUT2D eigenvalue weighted by Gasteiger charge is -2.36. The Morgan fingerprint density at radius 3 is 2.54 bits per heavy atom. The van der Waals surface area contributed by atoms with Crippen LogP contribution in [0.1, 0.15) is 31.2 Å². The maximum atomic E-state index is 13.9. The molecule has 0 aliphatic carbocycles. The van der Waals surface area contributed by atoms with Crippen LogP contribution in [0.5, 0.6) is 0 Å². The fourth-order valence-electron chi connectivity index (χ4n) is 4.12. The van der Waals surface area contributed by atoms with Gasteiger partial charge in [0.25, 0.3) is 0 Å². The Morgan fingerprint density at radius 1 is 1.14 bits per heavy atom. The number of benzene rings is 1. The molecule has 6 nitrogen and oxygen atoms in total. The fourth-order valence-corrected chi connectivity index (χ4v) is 4.12. The van der Waals surface area contributed by atoms with Crippen LogP contribution in [0.2, 0.25) is 0 Å². The minimum Gasteiger partial charge on any atom is -0.352 e. The van der Waals surface area contributed by atoms with Crippen molar-refractivity contribution in [3.63, 3.8) is 0 Å². The zero-order valence-corrected chi connectivity index (χ0v) is 16.9. The molecule has 2 saturated heterocycles. The van der Waals surface area contributed by atoms with E-state index in [0.29, 0.717) is 38.0 Å². The van der Waals surface area contributed by atoms with Crippen LogP contribution in [0.3, 0.4) is 0 Å². The van der Waals surface area contributed by atoms with Gasteiger partial charge in [0, 0.05) is 57.8 Å². The maximum Gasteiger partial charge on any atom is 0.319 e. The van der Waals surface area contributed by atoms with Gasteiger partial charge < -0.3 is 15.1 Å². The van der Waals surface area contributed by atoms with Crippen LogP contribution in [-0.4, -0.2) is 73.0 Å². The summed E-state index contributed by atoms with van der Waals surface area (Å²) in [6.45, 7) is 3.49. The van der Waals surface area contributed by atoms with Crippen molar-refractivity contribution >= 4 is 11.9 Å². The molecule has 0 spiro atoms. The van der Waals surface area contributed by atoms with Gasteiger partial charge in [-0.25, -0.2) is 9.18 Å². The highest BCUT2D eigenvalue weighted by Crippen LogP contribution is 2.20. The van der Waals surface area contributed by atoms with E-state index in [1.54, 1.807) is 30.0 Å². The summed E-state index contributed by atoms with van der Waals surface area (Å²) in [6, 6.07) is 6.99. The van der Waals surface area contributed by atoms with Crippen LogP contribution in [-0.2, 0) is 11.3 Å². The Kier molecular flexibility index (Phi) is 6.88. The quantitative estimate of drug-likeness (QED) is 0.858. The van der Waals surface area contributed by atoms with E-state index in [0.717, 1.165) is 25.9 Å². The zero-order valence-electron chi connectivity index (χ0n) is 16.9. The molecule has 2 aliphatic rings. The van der Waals surface area contributed by atoms with Crippen LogP contribution in [0.4, 0.5) is 9.18 Å². The highest BCUT2D eigenvalue weighted by atomic mass is 19.1. The van der Waals surface area contributed by atoms with Crippen LogP contribution in [0, 0.1) is 11.7 Å². The van der Waals surface area contributed by atoms with Crippen LogP contribution in [0.25, 0.3) is 0 Å². The average molecular weight is 391 g/mol. The lowest BCUT2D eigenvalue weighted by Crippen LogP contribution is -2.51. The Labute approximate surface area is 166 Å². The van der Waals surface area contributed by atoms with Gasteiger partial charge in [0.15, 0.2) is 0 Å². The number of amides is 3. The molecule has 1 aromatic carbocycles. The van der Waals surface area contributed by atoms with E-state index in [-0.39, 0.29) is 29.7 Å². The third-order valence-electron chi connectivity index (χ3n) is 5.72. The molecular formula is C21H31FN4O2. The number of halogens is 1. The molecule has 0 saturated carbocycles. The normalized spacial score (nSPS) is 21.4. The summed E-state index contributed by atoms with van der Waals surface area (Å²) in [5.74, 6) is -0.115. The zero-order chi connectivity index (χ0) is 20.1. The topological polar surface area (TPSA) is 55.9 Å². The summed E-state index contributed by atoms with van der Waals surface area (Å²) >= 11 is 0. The number of piperidine rings is 2. The summed E-state index contributed by atoms with van der Waals surface area (Å²) in [7, 11) is 3.49. The molecule has 2 fully saturated rings. The van der Waals surface area contributed by atoms with Gasteiger partial charge in [0.05, 0.1) is 0 Å². The van der Waals surface area contributed by atoms with Crippen LogP contribution >= 0.6 is 0 Å². The monoisotopic (exact) mass is 390 g/mol.